The number of aromatic nitrogens is 3. The molecule has 0 fully saturated rings. The van der Waals surface area contributed by atoms with Gasteiger partial charge < -0.3 is 26.3 Å². The van der Waals surface area contributed by atoms with Gasteiger partial charge in [-0.05, 0) is 48.0 Å². The Labute approximate surface area is 196 Å². The van der Waals surface area contributed by atoms with Gasteiger partial charge in [0.1, 0.15) is 0 Å². The van der Waals surface area contributed by atoms with Crippen LogP contribution < -0.4 is 22.6 Å². The van der Waals surface area contributed by atoms with Gasteiger partial charge in [0.2, 0.25) is 0 Å². The Kier molecular flexibility index (Phi) is 11.3. The SMILES string of the molecule is CC(C)(C)N/C=C(\N)CN(C/C(N)=C/N(N)C(C)(C)C)Cc1cn(CCCOSO)nn1. The summed E-state index contributed by atoms with van der Waals surface area (Å²) in [4.78, 5) is 2.08. The van der Waals surface area contributed by atoms with Crippen molar-refractivity contribution in [2.24, 2.45) is 17.3 Å². The van der Waals surface area contributed by atoms with Crippen LogP contribution in [0.5, 0.6) is 0 Å². The molecule has 8 N–H and O–H groups in total. The number of hydrogen-bond donors (Lipinski definition) is 5. The largest absolute Gasteiger partial charge is 0.400 e. The lowest BCUT2D eigenvalue weighted by atomic mass is 10.1. The van der Waals surface area contributed by atoms with Gasteiger partial charge >= 0.3 is 0 Å². The van der Waals surface area contributed by atoms with E-state index in [4.69, 9.17) is 26.0 Å². The molecule has 1 heterocycles. The zero-order valence-corrected chi connectivity index (χ0v) is 21.0. The van der Waals surface area contributed by atoms with E-state index in [1.807, 2.05) is 33.2 Å². The molecular weight excluding hydrogens is 430 g/mol. The van der Waals surface area contributed by atoms with Crippen molar-refractivity contribution >= 4 is 12.3 Å². The zero-order chi connectivity index (χ0) is 24.4. The Morgan fingerprint density at radius 3 is 2.47 bits per heavy atom. The highest BCUT2D eigenvalue weighted by Gasteiger charge is 2.17. The molecule has 0 unspecified atom stereocenters. The van der Waals surface area contributed by atoms with Crippen molar-refractivity contribution in [3.05, 3.63) is 35.7 Å². The van der Waals surface area contributed by atoms with E-state index in [0.29, 0.717) is 62.9 Å². The normalized spacial score (nSPS) is 13.7. The summed E-state index contributed by atoms with van der Waals surface area (Å²) in [6.45, 7) is 14.8. The van der Waals surface area contributed by atoms with Gasteiger partial charge in [0.05, 0.1) is 12.3 Å². The van der Waals surface area contributed by atoms with Crippen LogP contribution in [-0.2, 0) is 17.3 Å². The standard InChI is InChI=1S/C20H41N9O2S/c1-19(2,3)24-10-16(21)11-27(12-17(22)13-29(23)20(4,5)6)14-18-15-28(26-25-18)8-7-9-31-32-30/h10,13,15,24,30H,7-9,11-12,14,21-23H2,1-6H3/b16-10-,17-13-. The number of rotatable bonds is 13. The summed E-state index contributed by atoms with van der Waals surface area (Å²) in [7, 11) is 0. The quantitative estimate of drug-likeness (QED) is 0.123. The molecule has 1 aromatic heterocycles. The summed E-state index contributed by atoms with van der Waals surface area (Å²) in [6.07, 6.45) is 6.17. The summed E-state index contributed by atoms with van der Waals surface area (Å²) < 4.78 is 15.2. The summed E-state index contributed by atoms with van der Waals surface area (Å²) in [6, 6.07) is 0. The van der Waals surface area contributed by atoms with E-state index < -0.39 is 0 Å². The Bertz CT molecular complexity index is 738. The van der Waals surface area contributed by atoms with Crippen LogP contribution in [0, 0.1) is 0 Å². The first kappa shape index (κ1) is 28.0. The lowest BCUT2D eigenvalue weighted by Crippen LogP contribution is -2.43. The maximum atomic E-state index is 8.60. The molecule has 184 valence electrons. The summed E-state index contributed by atoms with van der Waals surface area (Å²) in [5.74, 6) is 6.11. The first-order valence-electron chi connectivity index (χ1n) is 10.6. The van der Waals surface area contributed by atoms with Gasteiger partial charge in [-0.15, -0.1) is 5.10 Å². The molecule has 0 atom stereocenters. The van der Waals surface area contributed by atoms with Crippen LogP contribution in [0.4, 0.5) is 0 Å². The molecule has 0 amide bonds. The van der Waals surface area contributed by atoms with Gasteiger partial charge in [-0.25, -0.2) is 5.84 Å². The molecule has 32 heavy (non-hydrogen) atoms. The molecule has 11 nitrogen and oxygen atoms in total. The molecule has 0 aliphatic carbocycles. The molecule has 0 aliphatic heterocycles. The van der Waals surface area contributed by atoms with Crippen molar-refractivity contribution in [2.75, 3.05) is 19.7 Å². The highest BCUT2D eigenvalue weighted by Crippen LogP contribution is 2.11. The molecule has 1 rings (SSSR count). The number of nitrogens with two attached hydrogens (primary N) is 3. The third-order valence-electron chi connectivity index (χ3n) is 4.22. The fourth-order valence-electron chi connectivity index (χ4n) is 2.52. The zero-order valence-electron chi connectivity index (χ0n) is 20.2. The average Bonchev–Trinajstić information content (AvgIpc) is 3.09. The highest BCUT2D eigenvalue weighted by atomic mass is 32.2. The van der Waals surface area contributed by atoms with Crippen LogP contribution in [0.1, 0.15) is 53.7 Å². The van der Waals surface area contributed by atoms with Crippen molar-refractivity contribution in [3.63, 3.8) is 0 Å². The molecule has 12 heteroatoms. The summed E-state index contributed by atoms with van der Waals surface area (Å²) in [5.41, 5.74) is 14.3. The van der Waals surface area contributed by atoms with E-state index >= 15 is 0 Å². The predicted molar refractivity (Wildman–Crippen MR) is 129 cm³/mol. The molecule has 0 aliphatic rings. The van der Waals surface area contributed by atoms with Crippen molar-refractivity contribution in [1.29, 1.82) is 0 Å². The summed E-state index contributed by atoms with van der Waals surface area (Å²) in [5, 5.41) is 13.3. The molecular formula is C20H41N9O2S. The predicted octanol–water partition coefficient (Wildman–Crippen LogP) is 1.57. The van der Waals surface area contributed by atoms with Crippen LogP contribution in [0.15, 0.2) is 30.0 Å². The van der Waals surface area contributed by atoms with Gasteiger partial charge in [-0.3, -0.25) is 13.8 Å². The second kappa shape index (κ2) is 12.9. The Morgan fingerprint density at radius 1 is 1.22 bits per heavy atom. The highest BCUT2D eigenvalue weighted by molar-refractivity contribution is 7.88. The monoisotopic (exact) mass is 471 g/mol. The Hall–Kier alpha value is -1.99. The van der Waals surface area contributed by atoms with E-state index in [2.05, 4.69) is 41.3 Å². The smallest absolute Gasteiger partial charge is 0.155 e. The number of aryl methyl sites for hydroxylation is 1. The second-order valence-electron chi connectivity index (χ2n) is 9.76. The van der Waals surface area contributed by atoms with Gasteiger partial charge in [0, 0.05) is 67.2 Å². The lowest BCUT2D eigenvalue weighted by Gasteiger charge is -2.31. The molecule has 0 saturated heterocycles. The molecule has 0 aromatic carbocycles. The third kappa shape index (κ3) is 12.2. The number of hydrogen-bond acceptors (Lipinski definition) is 11. The van der Waals surface area contributed by atoms with Gasteiger partial charge in [-0.2, -0.15) is 0 Å². The molecule has 0 spiro atoms. The second-order valence-corrected chi connectivity index (χ2v) is 10.1. The minimum atomic E-state index is -0.244. The topological polar surface area (TPSA) is 157 Å². The number of nitrogens with zero attached hydrogens (tertiary/aromatic N) is 5. The first-order valence-corrected chi connectivity index (χ1v) is 11.3. The number of nitrogens with one attached hydrogen (secondary N) is 1. The van der Waals surface area contributed by atoms with E-state index in [0.717, 1.165) is 5.69 Å². The Morgan fingerprint density at radius 2 is 1.88 bits per heavy atom. The van der Waals surface area contributed by atoms with E-state index in [1.54, 1.807) is 15.9 Å². The van der Waals surface area contributed by atoms with Crippen molar-refractivity contribution in [1.82, 2.24) is 30.2 Å². The lowest BCUT2D eigenvalue weighted by molar-refractivity contribution is 0.206. The average molecular weight is 472 g/mol. The molecule has 1 aromatic rings. The summed E-state index contributed by atoms with van der Waals surface area (Å²) >= 11 is 0.369. The molecule has 0 bridgehead atoms. The van der Waals surface area contributed by atoms with E-state index in [9.17, 15) is 0 Å². The van der Waals surface area contributed by atoms with Gasteiger partial charge in [-0.1, -0.05) is 5.21 Å². The van der Waals surface area contributed by atoms with Gasteiger partial charge in [0.25, 0.3) is 0 Å². The maximum absolute atomic E-state index is 8.60. The number of hydrazine groups is 1. The van der Waals surface area contributed by atoms with Crippen molar-refractivity contribution in [3.8, 4) is 0 Å². The van der Waals surface area contributed by atoms with Crippen LogP contribution in [0.2, 0.25) is 0 Å². The minimum Gasteiger partial charge on any atom is -0.400 e. The van der Waals surface area contributed by atoms with Gasteiger partial charge in [0.15, 0.2) is 12.3 Å². The fraction of sp³-hybridized carbons (Fsp3) is 0.700. The Balaban J connectivity index is 2.88. The fourth-order valence-corrected chi connectivity index (χ4v) is 2.72. The maximum Gasteiger partial charge on any atom is 0.155 e. The van der Waals surface area contributed by atoms with Crippen molar-refractivity contribution in [2.45, 2.75) is 72.1 Å². The van der Waals surface area contributed by atoms with Crippen LogP contribution in [-0.4, -0.2) is 60.2 Å². The van der Waals surface area contributed by atoms with Crippen LogP contribution in [0.25, 0.3) is 0 Å². The van der Waals surface area contributed by atoms with Crippen LogP contribution >= 0.6 is 12.3 Å². The molecule has 0 radical (unpaired) electrons. The van der Waals surface area contributed by atoms with E-state index in [1.165, 1.54) is 0 Å². The van der Waals surface area contributed by atoms with Crippen LogP contribution in [0.3, 0.4) is 0 Å². The third-order valence-corrected chi connectivity index (χ3v) is 4.49. The molecule has 0 saturated carbocycles. The van der Waals surface area contributed by atoms with E-state index in [-0.39, 0.29) is 11.1 Å². The minimum absolute atomic E-state index is 0.0813. The first-order chi connectivity index (χ1) is 14.8. The van der Waals surface area contributed by atoms with Crippen molar-refractivity contribution < 1.29 is 8.74 Å².